The van der Waals surface area contributed by atoms with Gasteiger partial charge in [0, 0.05) is 0 Å². The number of anilines is 2. The highest BCUT2D eigenvalue weighted by molar-refractivity contribution is 6.85. The maximum absolute atomic E-state index is 14.4. The number of aryl methyl sites for hydroxylation is 6. The van der Waals surface area contributed by atoms with Crippen LogP contribution in [0.1, 0.15) is 54.2 Å². The Labute approximate surface area is 212 Å². The number of amides is 2. The number of hydrogen-bond donors (Lipinski definition) is 0. The van der Waals surface area contributed by atoms with E-state index in [1.807, 2.05) is 9.80 Å². The highest BCUT2D eigenvalue weighted by Gasteiger charge is 2.72. The van der Waals surface area contributed by atoms with E-state index in [4.69, 9.17) is 0 Å². The number of rotatable bonds is 3. The third-order valence-corrected chi connectivity index (χ3v) is 10.00. The summed E-state index contributed by atoms with van der Waals surface area (Å²) >= 11 is 0. The summed E-state index contributed by atoms with van der Waals surface area (Å²) in [5.74, 6) is -0.243. The topological polar surface area (TPSA) is 40.6 Å². The number of nitrogens with zero attached hydrogens (tertiary/aromatic N) is 2. The molecule has 1 aliphatic heterocycles. The van der Waals surface area contributed by atoms with E-state index in [0.29, 0.717) is 0 Å². The summed E-state index contributed by atoms with van der Waals surface area (Å²) in [6.45, 7) is 25.1. The molecule has 35 heavy (non-hydrogen) atoms. The fourth-order valence-corrected chi connectivity index (χ4v) is 9.34. The van der Waals surface area contributed by atoms with Crippen LogP contribution in [0.25, 0.3) is 0 Å². The van der Waals surface area contributed by atoms with Crippen molar-refractivity contribution in [3.8, 4) is 0 Å². The van der Waals surface area contributed by atoms with Crippen molar-refractivity contribution in [2.75, 3.05) is 9.80 Å². The van der Waals surface area contributed by atoms with E-state index in [9.17, 15) is 9.59 Å². The quantitative estimate of drug-likeness (QED) is 0.350. The fourth-order valence-electron chi connectivity index (χ4n) is 6.65. The summed E-state index contributed by atoms with van der Waals surface area (Å²) in [5.41, 5.74) is 7.56. The van der Waals surface area contributed by atoms with Crippen LogP contribution in [0, 0.1) is 47.0 Å². The summed E-state index contributed by atoms with van der Waals surface area (Å²) in [7, 11) is -1.90. The van der Waals surface area contributed by atoms with Crippen molar-refractivity contribution in [3.63, 3.8) is 0 Å². The second-order valence-electron chi connectivity index (χ2n) is 12.3. The molecular weight excluding hydrogens is 448 g/mol. The van der Waals surface area contributed by atoms with Gasteiger partial charge in [-0.2, -0.15) is 0 Å². The Morgan fingerprint density at radius 3 is 1.20 bits per heavy atom. The van der Waals surface area contributed by atoms with Crippen LogP contribution in [-0.4, -0.2) is 25.6 Å². The Bertz CT molecular complexity index is 1200. The first-order valence-corrected chi connectivity index (χ1v) is 16.1. The molecule has 2 aromatic rings. The second kappa shape index (κ2) is 7.67. The van der Waals surface area contributed by atoms with Crippen molar-refractivity contribution < 1.29 is 9.59 Å². The second-order valence-corrected chi connectivity index (χ2v) is 17.3. The third kappa shape index (κ3) is 3.38. The van der Waals surface area contributed by atoms with E-state index >= 15 is 0 Å². The van der Waals surface area contributed by atoms with Crippen LogP contribution in [0.4, 0.5) is 11.4 Å². The molecule has 1 heterocycles. The van der Waals surface area contributed by atoms with Crippen LogP contribution in [-0.2, 0) is 9.59 Å². The number of hydrogen-bond acceptors (Lipinski definition) is 2. The normalized spacial score (nSPS) is 19.2. The van der Waals surface area contributed by atoms with Crippen molar-refractivity contribution in [2.24, 2.45) is 5.41 Å². The van der Waals surface area contributed by atoms with Gasteiger partial charge in [0.15, 0.2) is 5.66 Å². The molecule has 0 unspecified atom stereocenters. The molecule has 4 nitrogen and oxygen atoms in total. The van der Waals surface area contributed by atoms with Gasteiger partial charge in [-0.05, 0) is 95.3 Å². The van der Waals surface area contributed by atoms with Gasteiger partial charge >= 0.3 is 0 Å². The minimum absolute atomic E-state index is 0.121. The highest BCUT2D eigenvalue weighted by Crippen LogP contribution is 2.62. The Morgan fingerprint density at radius 2 is 0.943 bits per heavy atom. The minimum Gasteiger partial charge on any atom is -0.279 e. The lowest BCUT2D eigenvalue weighted by atomic mass is 9.83. The molecule has 186 valence electrons. The van der Waals surface area contributed by atoms with Gasteiger partial charge in [0.25, 0.3) is 0 Å². The number of benzene rings is 2. The lowest BCUT2D eigenvalue weighted by Crippen LogP contribution is -2.72. The molecule has 1 spiro atoms. The highest BCUT2D eigenvalue weighted by atomic mass is 28.3. The Balaban J connectivity index is 2.14. The molecule has 2 aliphatic rings. The molecule has 2 amide bonds. The lowest BCUT2D eigenvalue weighted by molar-refractivity contribution is -0.141. The molecule has 1 fully saturated rings. The summed E-state index contributed by atoms with van der Waals surface area (Å²) in [6, 6.07) is 8.58. The summed E-state index contributed by atoms with van der Waals surface area (Å²) < 4.78 is 0. The lowest BCUT2D eigenvalue weighted by Gasteiger charge is -2.53. The summed E-state index contributed by atoms with van der Waals surface area (Å²) in [4.78, 5) is 32.8. The zero-order valence-corrected chi connectivity index (χ0v) is 24.5. The first kappa shape index (κ1) is 25.4. The standard InChI is InChI=1S/C30H40N2O2Si/c1-17-13-19(3)24(20(4)14-17)31-27(33)29(8,9)28(34)32(25-21(5)15-18(2)16-22(25)6)30(31)23(7)26(30)35(10,11)12/h13-16H,1-12H3. The molecule has 0 atom stereocenters. The molecule has 0 bridgehead atoms. The largest absolute Gasteiger partial charge is 0.279 e. The minimum atomic E-state index is -1.90. The van der Waals surface area contributed by atoms with Crippen molar-refractivity contribution in [2.45, 2.75) is 87.6 Å². The number of carbonyl (C=O) groups is 2. The Kier molecular flexibility index (Phi) is 5.57. The average molecular weight is 489 g/mol. The zero-order chi connectivity index (χ0) is 26.4. The van der Waals surface area contributed by atoms with E-state index in [2.05, 4.69) is 92.4 Å². The van der Waals surface area contributed by atoms with Crippen molar-refractivity contribution in [1.29, 1.82) is 0 Å². The van der Waals surface area contributed by atoms with Gasteiger partial charge in [-0.15, -0.1) is 0 Å². The molecule has 0 radical (unpaired) electrons. The van der Waals surface area contributed by atoms with E-state index < -0.39 is 19.2 Å². The van der Waals surface area contributed by atoms with E-state index in [1.54, 1.807) is 13.8 Å². The van der Waals surface area contributed by atoms with E-state index in [-0.39, 0.29) is 11.8 Å². The van der Waals surface area contributed by atoms with Crippen LogP contribution in [0.2, 0.25) is 19.6 Å². The maximum atomic E-state index is 14.4. The molecular formula is C30H40N2O2Si. The molecule has 0 saturated carbocycles. The summed E-state index contributed by atoms with van der Waals surface area (Å²) in [6.07, 6.45) is 0. The molecule has 0 N–H and O–H groups in total. The van der Waals surface area contributed by atoms with Gasteiger partial charge in [0.2, 0.25) is 11.8 Å². The first-order chi connectivity index (χ1) is 16.0. The van der Waals surface area contributed by atoms with Crippen LogP contribution < -0.4 is 9.80 Å². The van der Waals surface area contributed by atoms with Crippen LogP contribution >= 0.6 is 0 Å². The molecule has 1 saturated heterocycles. The molecule has 4 rings (SSSR count). The van der Waals surface area contributed by atoms with Crippen LogP contribution in [0.3, 0.4) is 0 Å². The van der Waals surface area contributed by atoms with Crippen LogP contribution in [0.5, 0.6) is 0 Å². The summed E-state index contributed by atoms with van der Waals surface area (Å²) in [5, 5.41) is 1.28. The monoisotopic (exact) mass is 488 g/mol. The molecule has 0 aromatic heterocycles. The zero-order valence-electron chi connectivity index (χ0n) is 23.5. The molecule has 5 heteroatoms. The molecule has 2 aromatic carbocycles. The van der Waals surface area contributed by atoms with Crippen LogP contribution in [0.15, 0.2) is 35.0 Å². The van der Waals surface area contributed by atoms with E-state index in [1.165, 1.54) is 16.3 Å². The van der Waals surface area contributed by atoms with Gasteiger partial charge in [-0.1, -0.05) is 55.0 Å². The Morgan fingerprint density at radius 1 is 0.629 bits per heavy atom. The fraction of sp³-hybridized carbons (Fsp3) is 0.467. The first-order valence-electron chi connectivity index (χ1n) is 12.6. The van der Waals surface area contributed by atoms with Crippen molar-refractivity contribution in [3.05, 3.63) is 68.4 Å². The smallest absolute Gasteiger partial charge is 0.244 e. The van der Waals surface area contributed by atoms with Gasteiger partial charge in [0.05, 0.1) is 19.4 Å². The van der Waals surface area contributed by atoms with Gasteiger partial charge in [-0.3, -0.25) is 19.4 Å². The Hall–Kier alpha value is -2.66. The van der Waals surface area contributed by atoms with Crippen molar-refractivity contribution in [1.82, 2.24) is 0 Å². The van der Waals surface area contributed by atoms with Gasteiger partial charge in [-0.25, -0.2) is 0 Å². The average Bonchev–Trinajstić information content (AvgIpc) is 3.30. The van der Waals surface area contributed by atoms with Gasteiger partial charge < -0.3 is 0 Å². The molecule has 1 aliphatic carbocycles. The van der Waals surface area contributed by atoms with E-state index in [0.717, 1.165) is 39.2 Å². The number of carbonyl (C=O) groups excluding carboxylic acids is 2. The van der Waals surface area contributed by atoms with Crippen molar-refractivity contribution >= 4 is 31.3 Å². The third-order valence-electron chi connectivity index (χ3n) is 7.77. The van der Waals surface area contributed by atoms with Gasteiger partial charge in [0.1, 0.15) is 5.41 Å². The predicted octanol–water partition coefficient (Wildman–Crippen LogP) is 6.85. The predicted molar refractivity (Wildman–Crippen MR) is 149 cm³/mol. The SMILES string of the molecule is CC1=C([Si](C)(C)C)C12N(c1c(C)cc(C)cc1C)C(=O)C(C)(C)C(=O)N2c1c(C)cc(C)cc1C. The maximum Gasteiger partial charge on any atom is 0.244 e.